The second kappa shape index (κ2) is 9.96. The number of nitrogens with zero attached hydrogens (tertiary/aromatic N) is 1. The highest BCUT2D eigenvalue weighted by atomic mass is 16.5. The Bertz CT molecular complexity index is 907. The third-order valence-corrected chi connectivity index (χ3v) is 4.92. The smallest absolute Gasteiger partial charge is 0.338 e. The highest BCUT2D eigenvalue weighted by Gasteiger charge is 2.33. The van der Waals surface area contributed by atoms with Crippen LogP contribution >= 0.6 is 0 Å². The van der Waals surface area contributed by atoms with E-state index in [0.29, 0.717) is 52.9 Å². The van der Waals surface area contributed by atoms with E-state index in [1.807, 2.05) is 18.7 Å². The van der Waals surface area contributed by atoms with Gasteiger partial charge < -0.3 is 33.7 Å². The number of anilines is 1. The van der Waals surface area contributed by atoms with Crippen molar-refractivity contribution in [3.8, 4) is 39.9 Å². The zero-order valence-corrected chi connectivity index (χ0v) is 18.5. The van der Waals surface area contributed by atoms with Gasteiger partial charge in [0, 0.05) is 18.7 Å². The first-order valence-electron chi connectivity index (χ1n) is 9.50. The van der Waals surface area contributed by atoms with Crippen LogP contribution in [0.4, 0.5) is 5.69 Å². The van der Waals surface area contributed by atoms with Gasteiger partial charge in [-0.2, -0.15) is 0 Å². The van der Waals surface area contributed by atoms with Crippen molar-refractivity contribution in [2.75, 3.05) is 53.5 Å². The van der Waals surface area contributed by atoms with Crippen molar-refractivity contribution >= 4 is 11.7 Å². The van der Waals surface area contributed by atoms with Crippen molar-refractivity contribution in [3.63, 3.8) is 0 Å². The molecule has 8 nitrogen and oxygen atoms in total. The van der Waals surface area contributed by atoms with E-state index >= 15 is 0 Å². The van der Waals surface area contributed by atoms with Crippen LogP contribution in [0.15, 0.2) is 18.2 Å². The normalized spacial score (nSPS) is 10.4. The fourth-order valence-electron chi connectivity index (χ4n) is 3.56. The van der Waals surface area contributed by atoms with Gasteiger partial charge in [0.25, 0.3) is 0 Å². The van der Waals surface area contributed by atoms with E-state index in [1.165, 1.54) is 35.5 Å². The molecule has 0 aromatic heterocycles. The maximum atomic E-state index is 12.5. The van der Waals surface area contributed by atoms with Crippen molar-refractivity contribution in [1.82, 2.24) is 0 Å². The number of methoxy groups -OCH3 is 5. The van der Waals surface area contributed by atoms with Gasteiger partial charge in [0.2, 0.25) is 5.75 Å². The second-order valence-corrected chi connectivity index (χ2v) is 6.25. The van der Waals surface area contributed by atoms with E-state index in [0.717, 1.165) is 0 Å². The first kappa shape index (κ1) is 23.0. The SMILES string of the molecule is CCN(CC)c1c(OC)c(OC)c(OC)c(-c2ccc(OC)c(OC)c2)c1C(=O)O. The standard InChI is InChI=1S/C22H29NO7/c1-8-23(9-2)18-17(22(24)25)16(19(28-5)21(30-7)20(18)29-6)13-10-11-14(26-3)15(12-13)27-4/h10-12H,8-9H2,1-7H3,(H,24,25). The van der Waals surface area contributed by atoms with Gasteiger partial charge in [-0.3, -0.25) is 0 Å². The van der Waals surface area contributed by atoms with Gasteiger partial charge in [-0.15, -0.1) is 0 Å². The lowest BCUT2D eigenvalue weighted by Gasteiger charge is -2.29. The predicted octanol–water partition coefficient (Wildman–Crippen LogP) is 3.94. The molecule has 0 saturated carbocycles. The predicted molar refractivity (Wildman–Crippen MR) is 115 cm³/mol. The number of hydrogen-bond acceptors (Lipinski definition) is 7. The molecular weight excluding hydrogens is 390 g/mol. The molecule has 0 aliphatic rings. The van der Waals surface area contributed by atoms with Crippen LogP contribution in [0, 0.1) is 0 Å². The number of hydrogen-bond donors (Lipinski definition) is 1. The van der Waals surface area contributed by atoms with Crippen molar-refractivity contribution in [3.05, 3.63) is 23.8 Å². The molecule has 0 heterocycles. The largest absolute Gasteiger partial charge is 0.493 e. The van der Waals surface area contributed by atoms with Gasteiger partial charge in [-0.1, -0.05) is 6.07 Å². The van der Waals surface area contributed by atoms with E-state index < -0.39 is 5.97 Å². The van der Waals surface area contributed by atoms with E-state index in [9.17, 15) is 9.90 Å². The fourth-order valence-corrected chi connectivity index (χ4v) is 3.56. The molecule has 0 unspecified atom stereocenters. The van der Waals surface area contributed by atoms with E-state index in [1.54, 1.807) is 18.2 Å². The Kier molecular flexibility index (Phi) is 7.63. The highest BCUT2D eigenvalue weighted by Crippen LogP contribution is 2.53. The van der Waals surface area contributed by atoms with Crippen molar-refractivity contribution in [2.45, 2.75) is 13.8 Å². The summed E-state index contributed by atoms with van der Waals surface area (Å²) in [4.78, 5) is 14.4. The molecule has 1 N–H and O–H groups in total. The Morgan fingerprint density at radius 2 is 1.40 bits per heavy atom. The molecule has 2 aromatic rings. The first-order chi connectivity index (χ1) is 14.4. The summed E-state index contributed by atoms with van der Waals surface area (Å²) < 4.78 is 27.6. The lowest BCUT2D eigenvalue weighted by molar-refractivity contribution is 0.0697. The molecule has 30 heavy (non-hydrogen) atoms. The summed E-state index contributed by atoms with van der Waals surface area (Å²) in [7, 11) is 7.49. The van der Waals surface area contributed by atoms with Gasteiger partial charge in [0.15, 0.2) is 23.0 Å². The minimum absolute atomic E-state index is 0.0559. The van der Waals surface area contributed by atoms with Gasteiger partial charge in [-0.05, 0) is 31.5 Å². The number of rotatable bonds is 10. The Morgan fingerprint density at radius 3 is 1.83 bits per heavy atom. The molecule has 2 aromatic carbocycles. The molecule has 8 heteroatoms. The van der Waals surface area contributed by atoms with Crippen LogP contribution in [0.3, 0.4) is 0 Å². The Labute approximate surface area is 176 Å². The quantitative estimate of drug-likeness (QED) is 0.620. The molecule has 0 spiro atoms. The van der Waals surface area contributed by atoms with Gasteiger partial charge in [0.1, 0.15) is 0 Å². The summed E-state index contributed by atoms with van der Waals surface area (Å²) in [5.74, 6) is 0.765. The van der Waals surface area contributed by atoms with Crippen molar-refractivity contribution < 1.29 is 33.6 Å². The number of carboxylic acids is 1. The van der Waals surface area contributed by atoms with Crippen LogP contribution in [0.2, 0.25) is 0 Å². The second-order valence-electron chi connectivity index (χ2n) is 6.25. The van der Waals surface area contributed by atoms with Crippen molar-refractivity contribution in [2.24, 2.45) is 0 Å². The van der Waals surface area contributed by atoms with Crippen LogP contribution in [0.1, 0.15) is 24.2 Å². The molecule has 0 fully saturated rings. The number of benzene rings is 2. The zero-order valence-electron chi connectivity index (χ0n) is 18.5. The summed E-state index contributed by atoms with van der Waals surface area (Å²) in [6.45, 7) is 5.05. The highest BCUT2D eigenvalue weighted by molar-refractivity contribution is 6.07. The first-order valence-corrected chi connectivity index (χ1v) is 9.50. The summed E-state index contributed by atoms with van der Waals surface area (Å²) >= 11 is 0. The summed E-state index contributed by atoms with van der Waals surface area (Å²) in [5.41, 5.74) is 1.43. The van der Waals surface area contributed by atoms with Crippen LogP contribution < -0.4 is 28.6 Å². The molecule has 0 saturated heterocycles. The monoisotopic (exact) mass is 419 g/mol. The van der Waals surface area contributed by atoms with Crippen LogP contribution in [-0.2, 0) is 0 Å². The number of carboxylic acid groups (broad SMARTS) is 1. The topological polar surface area (TPSA) is 86.7 Å². The molecule has 0 amide bonds. The zero-order chi connectivity index (χ0) is 22.4. The fraction of sp³-hybridized carbons (Fsp3) is 0.409. The maximum Gasteiger partial charge on any atom is 0.338 e. The van der Waals surface area contributed by atoms with Crippen LogP contribution in [-0.4, -0.2) is 59.7 Å². The third kappa shape index (κ3) is 3.90. The molecule has 0 atom stereocenters. The molecule has 164 valence electrons. The maximum absolute atomic E-state index is 12.5. The van der Waals surface area contributed by atoms with Crippen molar-refractivity contribution in [1.29, 1.82) is 0 Å². The minimum atomic E-state index is -1.11. The number of carbonyl (C=O) groups is 1. The molecule has 0 bridgehead atoms. The van der Waals surface area contributed by atoms with Gasteiger partial charge in [0.05, 0.1) is 46.8 Å². The molecule has 0 aliphatic heterocycles. The Morgan fingerprint density at radius 1 is 0.833 bits per heavy atom. The Balaban J connectivity index is 3.08. The Hall–Kier alpha value is -3.29. The molecule has 2 rings (SSSR count). The van der Waals surface area contributed by atoms with E-state index in [2.05, 4.69) is 0 Å². The van der Waals surface area contributed by atoms with Gasteiger partial charge >= 0.3 is 5.97 Å². The lowest BCUT2D eigenvalue weighted by Crippen LogP contribution is -2.26. The minimum Gasteiger partial charge on any atom is -0.493 e. The molecular formula is C22H29NO7. The number of aromatic carboxylic acids is 1. The van der Waals surface area contributed by atoms with Crippen LogP contribution in [0.25, 0.3) is 11.1 Å². The lowest BCUT2D eigenvalue weighted by atomic mass is 9.94. The third-order valence-electron chi connectivity index (χ3n) is 4.92. The molecule has 0 aliphatic carbocycles. The summed E-state index contributed by atoms with van der Waals surface area (Å²) in [6.07, 6.45) is 0. The molecule has 0 radical (unpaired) electrons. The van der Waals surface area contributed by atoms with E-state index in [4.69, 9.17) is 23.7 Å². The summed E-state index contributed by atoms with van der Waals surface area (Å²) in [5, 5.41) is 10.2. The average molecular weight is 419 g/mol. The summed E-state index contributed by atoms with van der Waals surface area (Å²) in [6, 6.07) is 5.18. The van der Waals surface area contributed by atoms with Gasteiger partial charge in [-0.25, -0.2) is 4.79 Å². The number of ether oxygens (including phenoxy) is 5. The average Bonchev–Trinajstić information content (AvgIpc) is 2.77. The van der Waals surface area contributed by atoms with Crippen LogP contribution in [0.5, 0.6) is 28.7 Å². The van der Waals surface area contributed by atoms with E-state index in [-0.39, 0.29) is 11.3 Å².